The van der Waals surface area contributed by atoms with Crippen LogP contribution in [-0.4, -0.2) is 46.5 Å². The Hall–Kier alpha value is -1.77. The van der Waals surface area contributed by atoms with Gasteiger partial charge in [0.2, 0.25) is 0 Å². The molecule has 2 aromatic heterocycles. The molecule has 2 aliphatic rings. The van der Waals surface area contributed by atoms with E-state index in [9.17, 15) is 8.42 Å². The first kappa shape index (κ1) is 15.7. The zero-order valence-corrected chi connectivity index (χ0v) is 14.6. The highest BCUT2D eigenvalue weighted by Crippen LogP contribution is 2.50. The first-order chi connectivity index (χ1) is 11.4. The Morgan fingerprint density at radius 1 is 1.42 bits per heavy atom. The molecule has 7 nitrogen and oxygen atoms in total. The van der Waals surface area contributed by atoms with Crippen molar-refractivity contribution in [1.82, 2.24) is 24.2 Å². The van der Waals surface area contributed by atoms with Gasteiger partial charge in [-0.05, 0) is 31.4 Å². The van der Waals surface area contributed by atoms with Crippen LogP contribution < -0.4 is 4.72 Å². The molecule has 1 saturated carbocycles. The maximum absolute atomic E-state index is 12.5. The lowest BCUT2D eigenvalue weighted by molar-refractivity contribution is 0.283. The van der Waals surface area contributed by atoms with Gasteiger partial charge in [-0.1, -0.05) is 6.07 Å². The highest BCUT2D eigenvalue weighted by molar-refractivity contribution is 7.89. The fraction of sp³-hybridized carbons (Fsp3) is 0.500. The van der Waals surface area contributed by atoms with Crippen LogP contribution in [0.1, 0.15) is 17.8 Å². The van der Waals surface area contributed by atoms with E-state index >= 15 is 0 Å². The minimum Gasteiger partial charge on any atom is -0.339 e. The van der Waals surface area contributed by atoms with Crippen molar-refractivity contribution in [1.29, 1.82) is 0 Å². The van der Waals surface area contributed by atoms with Crippen molar-refractivity contribution in [2.75, 3.05) is 13.1 Å². The van der Waals surface area contributed by atoms with E-state index in [2.05, 4.69) is 19.6 Å². The molecule has 1 N–H and O–H groups in total. The van der Waals surface area contributed by atoms with Crippen LogP contribution in [0.2, 0.25) is 0 Å². The number of nitrogens with one attached hydrogen (secondary N) is 1. The average Bonchev–Trinajstić information content (AvgIpc) is 2.83. The molecule has 0 bridgehead atoms. The van der Waals surface area contributed by atoms with Crippen LogP contribution in [0.4, 0.5) is 0 Å². The van der Waals surface area contributed by atoms with Crippen LogP contribution in [0.5, 0.6) is 0 Å². The minimum atomic E-state index is -3.57. The average molecular weight is 347 g/mol. The van der Waals surface area contributed by atoms with Crippen molar-refractivity contribution in [3.8, 4) is 0 Å². The molecule has 0 amide bonds. The SMILES string of the molecule is Cc1cccc(CN2C[C@H]3C[C@@]3(NS(=O)(=O)c3cn(C)cn3)C2)n1. The van der Waals surface area contributed by atoms with E-state index in [0.29, 0.717) is 5.92 Å². The number of hydrogen-bond acceptors (Lipinski definition) is 5. The molecule has 1 saturated heterocycles. The van der Waals surface area contributed by atoms with Crippen LogP contribution in [0.15, 0.2) is 35.7 Å². The molecule has 128 valence electrons. The van der Waals surface area contributed by atoms with Crippen LogP contribution in [-0.2, 0) is 23.6 Å². The number of piperidine rings is 1. The largest absolute Gasteiger partial charge is 0.339 e. The molecule has 24 heavy (non-hydrogen) atoms. The molecule has 8 heteroatoms. The van der Waals surface area contributed by atoms with Crippen molar-refractivity contribution in [3.63, 3.8) is 0 Å². The topological polar surface area (TPSA) is 80.1 Å². The van der Waals surface area contributed by atoms with Gasteiger partial charge in [-0.25, -0.2) is 18.1 Å². The van der Waals surface area contributed by atoms with Gasteiger partial charge in [0.25, 0.3) is 10.0 Å². The van der Waals surface area contributed by atoms with E-state index in [0.717, 1.165) is 37.4 Å². The molecule has 1 aliphatic heterocycles. The zero-order chi connectivity index (χ0) is 16.9. The third-order valence-electron chi connectivity index (χ3n) is 4.84. The highest BCUT2D eigenvalue weighted by Gasteiger charge is 2.61. The van der Waals surface area contributed by atoms with Gasteiger partial charge in [-0.3, -0.25) is 9.88 Å². The molecule has 4 rings (SSSR count). The van der Waals surface area contributed by atoms with E-state index in [1.807, 2.05) is 25.1 Å². The summed E-state index contributed by atoms with van der Waals surface area (Å²) in [6.07, 6.45) is 3.93. The number of sulfonamides is 1. The number of hydrogen-bond donors (Lipinski definition) is 1. The first-order valence-corrected chi connectivity index (χ1v) is 9.51. The van der Waals surface area contributed by atoms with Gasteiger partial charge in [-0.15, -0.1) is 0 Å². The molecule has 3 heterocycles. The van der Waals surface area contributed by atoms with E-state index in [1.54, 1.807) is 11.6 Å². The first-order valence-electron chi connectivity index (χ1n) is 8.03. The Bertz CT molecular complexity index is 878. The number of imidazole rings is 1. The second-order valence-corrected chi connectivity index (χ2v) is 8.61. The summed E-state index contributed by atoms with van der Waals surface area (Å²) >= 11 is 0. The lowest BCUT2D eigenvalue weighted by atomic mass is 10.2. The smallest absolute Gasteiger partial charge is 0.260 e. The predicted octanol–water partition coefficient (Wildman–Crippen LogP) is 0.676. The second kappa shape index (κ2) is 5.37. The van der Waals surface area contributed by atoms with Crippen molar-refractivity contribution < 1.29 is 8.42 Å². The van der Waals surface area contributed by atoms with Gasteiger partial charge in [0.05, 0.1) is 17.6 Å². The summed E-state index contributed by atoms with van der Waals surface area (Å²) in [4.78, 5) is 10.8. The van der Waals surface area contributed by atoms with E-state index < -0.39 is 10.0 Å². The highest BCUT2D eigenvalue weighted by atomic mass is 32.2. The summed E-state index contributed by atoms with van der Waals surface area (Å²) in [5.41, 5.74) is 1.70. The standard InChI is InChI=1S/C16H21N5O2S/c1-12-4-3-5-14(18-12)8-21-7-13-6-16(13,10-21)19-24(22,23)15-9-20(2)11-17-15/h3-5,9,11,13,19H,6-8,10H2,1-2H3/t13-,16-/m1/s1. The quantitative estimate of drug-likeness (QED) is 0.860. The van der Waals surface area contributed by atoms with Crippen LogP contribution in [0.25, 0.3) is 0 Å². The van der Waals surface area contributed by atoms with Gasteiger partial charge >= 0.3 is 0 Å². The Kier molecular flexibility index (Phi) is 3.52. The maximum atomic E-state index is 12.5. The number of pyridine rings is 1. The normalized spacial score (nSPS) is 26.5. The Labute approximate surface area is 141 Å². The van der Waals surface area contributed by atoms with Crippen molar-refractivity contribution in [3.05, 3.63) is 42.1 Å². The maximum Gasteiger partial charge on any atom is 0.260 e. The van der Waals surface area contributed by atoms with E-state index in [1.165, 1.54) is 12.5 Å². The molecular weight excluding hydrogens is 326 g/mol. The van der Waals surface area contributed by atoms with E-state index in [-0.39, 0.29) is 10.6 Å². The van der Waals surface area contributed by atoms with Gasteiger partial charge < -0.3 is 4.57 Å². The Morgan fingerprint density at radius 3 is 2.96 bits per heavy atom. The molecule has 1 aliphatic carbocycles. The predicted molar refractivity (Wildman–Crippen MR) is 88.6 cm³/mol. The third kappa shape index (κ3) is 2.85. The molecule has 2 fully saturated rings. The number of nitrogens with zero attached hydrogens (tertiary/aromatic N) is 4. The summed E-state index contributed by atoms with van der Waals surface area (Å²) in [5, 5.41) is 0.0869. The number of aromatic nitrogens is 3. The van der Waals surface area contributed by atoms with Crippen molar-refractivity contribution >= 4 is 10.0 Å². The number of rotatable bonds is 5. The van der Waals surface area contributed by atoms with Gasteiger partial charge in [0.1, 0.15) is 0 Å². The molecule has 2 atom stereocenters. The van der Waals surface area contributed by atoms with Gasteiger partial charge in [-0.2, -0.15) is 0 Å². The van der Waals surface area contributed by atoms with E-state index in [4.69, 9.17) is 0 Å². The number of fused-ring (bicyclic) bond motifs is 1. The molecular formula is C16H21N5O2S. The summed E-state index contributed by atoms with van der Waals surface area (Å²) in [6, 6.07) is 6.00. The van der Waals surface area contributed by atoms with Crippen LogP contribution in [0.3, 0.4) is 0 Å². The monoisotopic (exact) mass is 347 g/mol. The fourth-order valence-corrected chi connectivity index (χ4v) is 5.08. The summed E-state index contributed by atoms with van der Waals surface area (Å²) in [7, 11) is -1.81. The Balaban J connectivity index is 1.45. The summed E-state index contributed by atoms with van der Waals surface area (Å²) < 4.78 is 29.6. The molecule has 0 unspecified atom stereocenters. The Morgan fingerprint density at radius 2 is 2.25 bits per heavy atom. The van der Waals surface area contributed by atoms with Crippen molar-refractivity contribution in [2.45, 2.75) is 30.5 Å². The third-order valence-corrected chi connectivity index (χ3v) is 6.28. The molecule has 0 radical (unpaired) electrons. The molecule has 2 aromatic rings. The second-order valence-electron chi connectivity index (χ2n) is 6.98. The molecule has 0 aromatic carbocycles. The number of aryl methyl sites for hydroxylation is 2. The zero-order valence-electron chi connectivity index (χ0n) is 13.8. The fourth-order valence-electron chi connectivity index (χ4n) is 3.63. The lowest BCUT2D eigenvalue weighted by Crippen LogP contribution is -2.42. The van der Waals surface area contributed by atoms with Gasteiger partial charge in [0, 0.05) is 38.6 Å². The van der Waals surface area contributed by atoms with Crippen molar-refractivity contribution in [2.24, 2.45) is 13.0 Å². The number of likely N-dealkylation sites (tertiary alicyclic amines) is 1. The summed E-state index contributed by atoms with van der Waals surface area (Å²) in [6.45, 7) is 4.36. The lowest BCUT2D eigenvalue weighted by Gasteiger charge is -2.21. The minimum absolute atomic E-state index is 0.0869. The summed E-state index contributed by atoms with van der Waals surface area (Å²) in [5.74, 6) is 0.376. The van der Waals surface area contributed by atoms with Crippen LogP contribution in [0, 0.1) is 12.8 Å². The van der Waals surface area contributed by atoms with Gasteiger partial charge in [0.15, 0.2) is 5.03 Å². The molecule has 0 spiro atoms. The van der Waals surface area contributed by atoms with Crippen LogP contribution >= 0.6 is 0 Å².